The van der Waals surface area contributed by atoms with Crippen LogP contribution in [0.1, 0.15) is 50.7 Å². The number of nitrogens with zero attached hydrogens (tertiary/aromatic N) is 1. The number of benzene rings is 3. The van der Waals surface area contributed by atoms with Crippen molar-refractivity contribution in [1.29, 1.82) is 0 Å². The summed E-state index contributed by atoms with van der Waals surface area (Å²) in [7, 11) is -0.552. The number of hydrogen-bond acceptors (Lipinski definition) is 7. The van der Waals surface area contributed by atoms with Gasteiger partial charge in [-0.05, 0) is 69.0 Å². The molecular formula is C31H35FN2O6S. The number of aryl methyl sites for hydroxylation is 1. The molecule has 8 nitrogen and oxygen atoms in total. The zero-order chi connectivity index (χ0) is 29.5. The summed E-state index contributed by atoms with van der Waals surface area (Å²) >= 11 is 0. The van der Waals surface area contributed by atoms with Crippen LogP contribution in [0.2, 0.25) is 0 Å². The summed E-state index contributed by atoms with van der Waals surface area (Å²) in [4.78, 5) is 14.9. The quantitative estimate of drug-likeness (QED) is 0.316. The van der Waals surface area contributed by atoms with E-state index < -0.39 is 26.7 Å². The topological polar surface area (TPSA) is 94.2 Å². The molecule has 3 aromatic rings. The highest BCUT2D eigenvalue weighted by atomic mass is 32.2. The summed E-state index contributed by atoms with van der Waals surface area (Å²) in [6.07, 6.45) is 2.93. The highest BCUT2D eigenvalue weighted by Gasteiger charge is 2.39. The maximum atomic E-state index is 14.0. The molecule has 0 saturated heterocycles. The first kappa shape index (κ1) is 28.7. The smallest absolute Gasteiger partial charge is 0.312 e. The van der Waals surface area contributed by atoms with Gasteiger partial charge in [-0.1, -0.05) is 25.0 Å². The normalized spacial score (nSPS) is 16.7. The number of fused-ring (bicyclic) bond motifs is 1. The largest absolute Gasteiger partial charge is 0.496 e. The molecule has 0 atom stereocenters. The van der Waals surface area contributed by atoms with Gasteiger partial charge in [-0.2, -0.15) is 8.42 Å². The van der Waals surface area contributed by atoms with Crippen molar-refractivity contribution >= 4 is 27.4 Å². The van der Waals surface area contributed by atoms with E-state index in [1.54, 1.807) is 36.2 Å². The Hall–Kier alpha value is -3.79. The second-order valence-electron chi connectivity index (χ2n) is 11.1. The molecule has 5 rings (SSSR count). The summed E-state index contributed by atoms with van der Waals surface area (Å²) in [6, 6.07) is 13.0. The number of ether oxygens (including phenoxy) is 2. The third kappa shape index (κ3) is 5.57. The third-order valence-electron chi connectivity index (χ3n) is 7.81. The lowest BCUT2D eigenvalue weighted by Gasteiger charge is -2.39. The molecule has 1 aliphatic carbocycles. The minimum atomic E-state index is -3.77. The summed E-state index contributed by atoms with van der Waals surface area (Å²) in [5.74, 6) is 0.406. The fourth-order valence-corrected chi connectivity index (χ4v) is 7.05. The molecule has 0 aromatic heterocycles. The summed E-state index contributed by atoms with van der Waals surface area (Å²) in [5.41, 5.74) is 3.37. The third-order valence-corrected chi connectivity index (χ3v) is 9.53. The predicted molar refractivity (Wildman–Crippen MR) is 157 cm³/mol. The molecule has 2 aliphatic rings. The summed E-state index contributed by atoms with van der Waals surface area (Å²) in [6.45, 7) is 5.49. The van der Waals surface area contributed by atoms with Crippen LogP contribution in [0.3, 0.4) is 0 Å². The van der Waals surface area contributed by atoms with Gasteiger partial charge in [-0.3, -0.25) is 4.79 Å². The molecule has 1 saturated carbocycles. The average Bonchev–Trinajstić information content (AvgIpc) is 3.48. The molecule has 1 amide bonds. The van der Waals surface area contributed by atoms with Crippen molar-refractivity contribution in [3.05, 3.63) is 65.5 Å². The molecule has 1 fully saturated rings. The van der Waals surface area contributed by atoms with Gasteiger partial charge >= 0.3 is 10.1 Å². The Morgan fingerprint density at radius 1 is 1.02 bits per heavy atom. The van der Waals surface area contributed by atoms with Crippen LogP contribution in [0.4, 0.5) is 15.8 Å². The van der Waals surface area contributed by atoms with Gasteiger partial charge in [-0.25, -0.2) is 4.39 Å². The minimum absolute atomic E-state index is 0.0278. The molecule has 41 heavy (non-hydrogen) atoms. The van der Waals surface area contributed by atoms with Crippen LogP contribution in [0, 0.1) is 12.7 Å². The van der Waals surface area contributed by atoms with Crippen LogP contribution in [0.15, 0.2) is 48.5 Å². The standard InChI is InChI=1S/C31H35FN2O6S/c1-19-10-11-20(32)16-27(19)39-18-25-23(14-15-26-29(25)34(4)30(35)31(2,3)33-26)24-13-12-21(17-28(24)38-5)40-41(36,37)22-8-6-7-9-22/h10-17,22,33H,6-9,18H2,1-5H3. The van der Waals surface area contributed by atoms with E-state index in [9.17, 15) is 17.6 Å². The lowest BCUT2D eigenvalue weighted by molar-refractivity contribution is -0.121. The summed E-state index contributed by atoms with van der Waals surface area (Å²) in [5, 5.41) is 2.81. The van der Waals surface area contributed by atoms with Gasteiger partial charge in [0.1, 0.15) is 35.2 Å². The first-order valence-corrected chi connectivity index (χ1v) is 15.1. The van der Waals surface area contributed by atoms with Crippen molar-refractivity contribution in [2.24, 2.45) is 0 Å². The molecule has 0 unspecified atom stereocenters. The van der Waals surface area contributed by atoms with Crippen molar-refractivity contribution < 1.29 is 31.3 Å². The Morgan fingerprint density at radius 3 is 2.44 bits per heavy atom. The van der Waals surface area contributed by atoms with Crippen molar-refractivity contribution in [2.75, 3.05) is 24.4 Å². The van der Waals surface area contributed by atoms with Crippen molar-refractivity contribution in [1.82, 2.24) is 0 Å². The number of amides is 1. The van der Waals surface area contributed by atoms with E-state index in [4.69, 9.17) is 13.7 Å². The Labute approximate surface area is 240 Å². The number of nitrogens with one attached hydrogen (secondary N) is 1. The Bertz CT molecular complexity index is 1600. The first-order valence-electron chi connectivity index (χ1n) is 13.6. The Morgan fingerprint density at radius 2 is 1.73 bits per heavy atom. The Kier molecular flexibility index (Phi) is 7.63. The van der Waals surface area contributed by atoms with E-state index >= 15 is 0 Å². The van der Waals surface area contributed by atoms with Crippen molar-refractivity contribution in [2.45, 2.75) is 63.9 Å². The average molecular weight is 583 g/mol. The van der Waals surface area contributed by atoms with E-state index in [0.717, 1.165) is 24.1 Å². The van der Waals surface area contributed by atoms with E-state index in [0.29, 0.717) is 46.7 Å². The number of hydrogen-bond donors (Lipinski definition) is 1. The van der Waals surface area contributed by atoms with Crippen LogP contribution < -0.4 is 23.9 Å². The first-order chi connectivity index (χ1) is 19.4. The maximum Gasteiger partial charge on any atom is 0.312 e. The second-order valence-corrected chi connectivity index (χ2v) is 13.0. The lowest BCUT2D eigenvalue weighted by Crippen LogP contribution is -2.52. The summed E-state index contributed by atoms with van der Waals surface area (Å²) < 4.78 is 57.0. The van der Waals surface area contributed by atoms with Gasteiger partial charge in [0.2, 0.25) is 0 Å². The van der Waals surface area contributed by atoms with Crippen LogP contribution in [-0.4, -0.2) is 39.3 Å². The predicted octanol–water partition coefficient (Wildman–Crippen LogP) is 6.21. The molecule has 0 spiro atoms. The Balaban J connectivity index is 1.58. The van der Waals surface area contributed by atoms with Crippen LogP contribution >= 0.6 is 0 Å². The van der Waals surface area contributed by atoms with E-state index in [1.807, 2.05) is 32.9 Å². The number of halogens is 1. The highest BCUT2D eigenvalue weighted by molar-refractivity contribution is 7.87. The van der Waals surface area contributed by atoms with E-state index in [1.165, 1.54) is 19.2 Å². The second kappa shape index (κ2) is 10.9. The van der Waals surface area contributed by atoms with Gasteiger partial charge in [0, 0.05) is 30.3 Å². The zero-order valence-electron chi connectivity index (χ0n) is 23.9. The SMILES string of the molecule is COc1cc(OS(=O)(=O)C2CCCC2)ccc1-c1ccc2c(c1COc1cc(F)ccc1C)N(C)C(=O)C(C)(C)N2. The molecule has 0 radical (unpaired) electrons. The van der Waals surface area contributed by atoms with Gasteiger partial charge in [0.05, 0.1) is 23.7 Å². The van der Waals surface area contributed by atoms with Crippen LogP contribution in [0.5, 0.6) is 17.2 Å². The fourth-order valence-electron chi connectivity index (χ4n) is 5.63. The van der Waals surface area contributed by atoms with Gasteiger partial charge < -0.3 is 23.9 Å². The molecule has 10 heteroatoms. The molecule has 1 heterocycles. The van der Waals surface area contributed by atoms with E-state index in [-0.39, 0.29) is 18.3 Å². The molecule has 0 bridgehead atoms. The number of methoxy groups -OCH3 is 1. The number of anilines is 2. The highest BCUT2D eigenvalue weighted by Crippen LogP contribution is 2.45. The lowest BCUT2D eigenvalue weighted by atomic mass is 9.91. The van der Waals surface area contributed by atoms with Crippen molar-refractivity contribution in [3.63, 3.8) is 0 Å². The van der Waals surface area contributed by atoms with Gasteiger partial charge in [0.15, 0.2) is 0 Å². The molecule has 1 aliphatic heterocycles. The number of carbonyl (C=O) groups is 1. The van der Waals surface area contributed by atoms with Crippen LogP contribution in [-0.2, 0) is 21.5 Å². The minimum Gasteiger partial charge on any atom is -0.496 e. The maximum absolute atomic E-state index is 14.0. The number of carbonyl (C=O) groups excluding carboxylic acids is 1. The van der Waals surface area contributed by atoms with Crippen LogP contribution in [0.25, 0.3) is 11.1 Å². The van der Waals surface area contributed by atoms with E-state index in [2.05, 4.69) is 5.32 Å². The van der Waals surface area contributed by atoms with Crippen molar-refractivity contribution in [3.8, 4) is 28.4 Å². The molecular weight excluding hydrogens is 547 g/mol. The molecule has 218 valence electrons. The van der Waals surface area contributed by atoms with Gasteiger partial charge in [-0.15, -0.1) is 0 Å². The van der Waals surface area contributed by atoms with Gasteiger partial charge in [0.25, 0.3) is 5.91 Å². The molecule has 3 aromatic carbocycles. The fraction of sp³-hybridized carbons (Fsp3) is 0.387. The monoisotopic (exact) mass is 582 g/mol. The number of likely N-dealkylation sites (N-methyl/N-ethyl adjacent to an activating group) is 1. The zero-order valence-corrected chi connectivity index (χ0v) is 24.7. The molecule has 1 N–H and O–H groups in total. The number of rotatable bonds is 8.